The normalized spacial score (nSPS) is 16.6. The molecule has 0 amide bonds. The Kier molecular flexibility index (Phi) is 8.01. The van der Waals surface area contributed by atoms with Gasteiger partial charge in [-0.1, -0.05) is 0 Å². The Balaban J connectivity index is 1.48. The molecule has 1 saturated heterocycles. The van der Waals surface area contributed by atoms with Crippen LogP contribution in [0.25, 0.3) is 5.69 Å². The van der Waals surface area contributed by atoms with Gasteiger partial charge in [0.2, 0.25) is 0 Å². The summed E-state index contributed by atoms with van der Waals surface area (Å²) < 4.78 is 20.2. The highest BCUT2D eigenvalue weighted by atomic mass is 19.1. The van der Waals surface area contributed by atoms with Crippen molar-refractivity contribution < 1.29 is 9.13 Å². The number of guanidine groups is 1. The average molecular weight is 403 g/mol. The maximum absolute atomic E-state index is 13.1. The zero-order chi connectivity index (χ0) is 20.5. The lowest BCUT2D eigenvalue weighted by atomic mass is 10.2. The minimum atomic E-state index is -0.247. The molecule has 7 nitrogen and oxygen atoms in total. The lowest BCUT2D eigenvalue weighted by molar-refractivity contribution is 0.0220. The Bertz CT molecular complexity index is 770. The largest absolute Gasteiger partial charge is 0.379 e. The molecule has 2 heterocycles. The first kappa shape index (κ1) is 21.3. The molecule has 8 heteroatoms. The molecule has 3 rings (SSSR count). The fraction of sp³-hybridized carbons (Fsp3) is 0.524. The van der Waals surface area contributed by atoms with Crippen LogP contribution in [0.15, 0.2) is 41.5 Å². The summed E-state index contributed by atoms with van der Waals surface area (Å²) >= 11 is 0. The minimum absolute atomic E-state index is 0.247. The molecule has 0 saturated carbocycles. The number of benzene rings is 1. The molecule has 1 aromatic carbocycles. The maximum atomic E-state index is 13.1. The van der Waals surface area contributed by atoms with E-state index in [1.165, 1.54) is 12.1 Å². The van der Waals surface area contributed by atoms with Crippen LogP contribution in [-0.4, -0.2) is 72.6 Å². The molecule has 0 spiro atoms. The van der Waals surface area contributed by atoms with Crippen molar-refractivity contribution in [1.82, 2.24) is 25.3 Å². The molecule has 0 bridgehead atoms. The zero-order valence-corrected chi connectivity index (χ0v) is 17.3. The third-order valence-corrected chi connectivity index (χ3v) is 4.94. The highest BCUT2D eigenvalue weighted by Gasteiger charge is 2.16. The van der Waals surface area contributed by atoms with Crippen LogP contribution >= 0.6 is 0 Å². The summed E-state index contributed by atoms with van der Waals surface area (Å²) in [4.78, 5) is 7.15. The Morgan fingerprint density at radius 2 is 1.97 bits per heavy atom. The molecule has 1 atom stereocenters. The lowest BCUT2D eigenvalue weighted by Gasteiger charge is -2.31. The van der Waals surface area contributed by atoms with Gasteiger partial charge in [0.25, 0.3) is 0 Å². The molecule has 1 aliphatic rings. The highest BCUT2D eigenvalue weighted by molar-refractivity contribution is 5.79. The molecule has 29 heavy (non-hydrogen) atoms. The summed E-state index contributed by atoms with van der Waals surface area (Å²) in [5.74, 6) is 0.578. The predicted molar refractivity (Wildman–Crippen MR) is 113 cm³/mol. The second kappa shape index (κ2) is 10.9. The van der Waals surface area contributed by atoms with E-state index in [0.717, 1.165) is 69.7 Å². The van der Waals surface area contributed by atoms with E-state index in [0.29, 0.717) is 6.04 Å². The molecule has 1 aromatic heterocycles. The van der Waals surface area contributed by atoms with Crippen molar-refractivity contribution >= 4 is 5.96 Å². The Morgan fingerprint density at radius 1 is 1.21 bits per heavy atom. The number of nitrogens with one attached hydrogen (secondary N) is 2. The third-order valence-electron chi connectivity index (χ3n) is 4.94. The SMILES string of the molecule is CCNC(=NCC(C)N1CCOCC1)NCCc1ccn(-c2ccc(F)cc2)n1. The maximum Gasteiger partial charge on any atom is 0.191 e. The van der Waals surface area contributed by atoms with Gasteiger partial charge in [-0.2, -0.15) is 5.10 Å². The number of nitrogens with zero attached hydrogens (tertiary/aromatic N) is 4. The minimum Gasteiger partial charge on any atom is -0.379 e. The van der Waals surface area contributed by atoms with E-state index in [2.05, 4.69) is 34.5 Å². The molecule has 1 unspecified atom stereocenters. The van der Waals surface area contributed by atoms with Crippen LogP contribution in [-0.2, 0) is 11.2 Å². The van der Waals surface area contributed by atoms with E-state index in [-0.39, 0.29) is 5.82 Å². The first-order valence-corrected chi connectivity index (χ1v) is 10.3. The van der Waals surface area contributed by atoms with Gasteiger partial charge in [0, 0.05) is 44.8 Å². The van der Waals surface area contributed by atoms with Gasteiger partial charge in [0.05, 0.1) is 31.1 Å². The van der Waals surface area contributed by atoms with Crippen molar-refractivity contribution in [3.8, 4) is 5.69 Å². The lowest BCUT2D eigenvalue weighted by Crippen LogP contribution is -2.44. The van der Waals surface area contributed by atoms with Crippen LogP contribution in [0.1, 0.15) is 19.5 Å². The molecule has 158 valence electrons. The first-order valence-electron chi connectivity index (χ1n) is 10.3. The van der Waals surface area contributed by atoms with Gasteiger partial charge in [0.1, 0.15) is 5.82 Å². The van der Waals surface area contributed by atoms with Gasteiger partial charge in [-0.25, -0.2) is 9.07 Å². The van der Waals surface area contributed by atoms with Crippen LogP contribution in [0.2, 0.25) is 0 Å². The number of hydrogen-bond acceptors (Lipinski definition) is 4. The van der Waals surface area contributed by atoms with E-state index < -0.39 is 0 Å². The van der Waals surface area contributed by atoms with Gasteiger partial charge >= 0.3 is 0 Å². The molecule has 1 aliphatic heterocycles. The topological polar surface area (TPSA) is 66.7 Å². The third kappa shape index (κ3) is 6.54. The number of aromatic nitrogens is 2. The van der Waals surface area contributed by atoms with E-state index in [4.69, 9.17) is 9.73 Å². The molecule has 2 aromatic rings. The van der Waals surface area contributed by atoms with Crippen molar-refractivity contribution in [2.45, 2.75) is 26.3 Å². The summed E-state index contributed by atoms with van der Waals surface area (Å²) in [6, 6.07) is 8.69. The number of ether oxygens (including phenoxy) is 1. The predicted octanol–water partition coefficient (Wildman–Crippen LogP) is 1.83. The summed E-state index contributed by atoms with van der Waals surface area (Å²) in [7, 11) is 0. The fourth-order valence-corrected chi connectivity index (χ4v) is 3.24. The first-order chi connectivity index (χ1) is 14.2. The van der Waals surface area contributed by atoms with E-state index in [1.54, 1.807) is 16.8 Å². The van der Waals surface area contributed by atoms with Crippen LogP contribution in [0.4, 0.5) is 4.39 Å². The smallest absolute Gasteiger partial charge is 0.191 e. The fourth-order valence-electron chi connectivity index (χ4n) is 3.24. The van der Waals surface area contributed by atoms with Crippen LogP contribution in [0.3, 0.4) is 0 Å². The number of halogens is 1. The van der Waals surface area contributed by atoms with Gasteiger partial charge in [-0.3, -0.25) is 9.89 Å². The van der Waals surface area contributed by atoms with E-state index in [1.807, 2.05) is 12.3 Å². The van der Waals surface area contributed by atoms with Gasteiger partial charge < -0.3 is 15.4 Å². The van der Waals surface area contributed by atoms with E-state index in [9.17, 15) is 4.39 Å². The monoisotopic (exact) mass is 402 g/mol. The second-order valence-corrected chi connectivity index (χ2v) is 7.12. The van der Waals surface area contributed by atoms with Crippen molar-refractivity contribution in [3.63, 3.8) is 0 Å². The van der Waals surface area contributed by atoms with Gasteiger partial charge in [-0.15, -0.1) is 0 Å². The van der Waals surface area contributed by atoms with E-state index >= 15 is 0 Å². The van der Waals surface area contributed by atoms with Gasteiger partial charge in [0.15, 0.2) is 5.96 Å². The van der Waals surface area contributed by atoms with Crippen LogP contribution < -0.4 is 10.6 Å². The Morgan fingerprint density at radius 3 is 2.69 bits per heavy atom. The number of morpholine rings is 1. The molecule has 0 radical (unpaired) electrons. The average Bonchev–Trinajstić information content (AvgIpc) is 3.22. The van der Waals surface area contributed by atoms with Crippen molar-refractivity contribution in [2.24, 2.45) is 4.99 Å². The van der Waals surface area contributed by atoms with Crippen LogP contribution in [0, 0.1) is 5.82 Å². The van der Waals surface area contributed by atoms with Crippen LogP contribution in [0.5, 0.6) is 0 Å². The molecule has 2 N–H and O–H groups in total. The summed E-state index contributed by atoms with van der Waals surface area (Å²) in [6.45, 7) is 10.1. The molecule has 0 aliphatic carbocycles. The van der Waals surface area contributed by atoms with Crippen molar-refractivity contribution in [3.05, 3.63) is 48.0 Å². The van der Waals surface area contributed by atoms with Crippen molar-refractivity contribution in [1.29, 1.82) is 0 Å². The quantitative estimate of drug-likeness (QED) is 0.521. The standard InChI is InChI=1S/C21H31FN6O/c1-3-23-21(25-16-17(2)27-12-14-29-15-13-27)24-10-8-19-9-11-28(26-19)20-6-4-18(22)5-7-20/h4-7,9,11,17H,3,8,10,12-16H2,1-2H3,(H2,23,24,25). The van der Waals surface area contributed by atoms with Crippen molar-refractivity contribution in [2.75, 3.05) is 45.9 Å². The summed E-state index contributed by atoms with van der Waals surface area (Å²) in [5, 5.41) is 11.2. The Hall–Kier alpha value is -2.45. The second-order valence-electron chi connectivity index (χ2n) is 7.12. The number of hydrogen-bond donors (Lipinski definition) is 2. The van der Waals surface area contributed by atoms with Gasteiger partial charge in [-0.05, 0) is 44.2 Å². The highest BCUT2D eigenvalue weighted by Crippen LogP contribution is 2.09. The zero-order valence-electron chi connectivity index (χ0n) is 17.3. The molecular formula is C21H31FN6O. The summed E-state index contributed by atoms with van der Waals surface area (Å²) in [5.41, 5.74) is 1.82. The molecular weight excluding hydrogens is 371 g/mol. The summed E-state index contributed by atoms with van der Waals surface area (Å²) in [6.07, 6.45) is 2.67. The number of rotatable bonds is 8. The number of aliphatic imine (C=N–C) groups is 1. The molecule has 1 fully saturated rings. The Labute approximate surface area is 172 Å².